The average Bonchev–Trinajstić information content (AvgIpc) is 3.31. The van der Waals surface area contributed by atoms with Gasteiger partial charge in [0.1, 0.15) is 10.9 Å². The van der Waals surface area contributed by atoms with E-state index in [-0.39, 0.29) is 12.5 Å². The van der Waals surface area contributed by atoms with E-state index in [0.29, 0.717) is 21.2 Å². The van der Waals surface area contributed by atoms with Gasteiger partial charge in [-0.1, -0.05) is 49.8 Å². The molecule has 1 aromatic rings. The molecule has 2 aliphatic heterocycles. The van der Waals surface area contributed by atoms with E-state index >= 15 is 0 Å². The second-order valence-corrected chi connectivity index (χ2v) is 9.31. The summed E-state index contributed by atoms with van der Waals surface area (Å²) in [5.41, 5.74) is 3.73. The first-order valence-electron chi connectivity index (χ1n) is 9.87. The number of anilines is 1. The monoisotopic (exact) mass is 416 g/mol. The minimum atomic E-state index is -1.06. The lowest BCUT2D eigenvalue weighted by Gasteiger charge is -2.26. The molecule has 4 rings (SSSR count). The minimum absolute atomic E-state index is 0.307. The normalized spacial score (nSPS) is 25.0. The SMILES string of the molecule is CCCCN1c2ccc(C=C3SC(=S)N(CC(=O)O)C3=O)cc2C2CCCC21. The molecule has 0 bridgehead atoms. The summed E-state index contributed by atoms with van der Waals surface area (Å²) in [7, 11) is 0. The zero-order valence-corrected chi connectivity index (χ0v) is 17.5. The maximum absolute atomic E-state index is 12.5. The van der Waals surface area contributed by atoms with Gasteiger partial charge in [-0.3, -0.25) is 14.5 Å². The second-order valence-electron chi connectivity index (χ2n) is 7.63. The smallest absolute Gasteiger partial charge is 0.323 e. The van der Waals surface area contributed by atoms with Crippen molar-refractivity contribution in [2.75, 3.05) is 18.0 Å². The number of carboxylic acids is 1. The van der Waals surface area contributed by atoms with Crippen molar-refractivity contribution >= 4 is 51.9 Å². The molecule has 0 spiro atoms. The number of hydrogen-bond donors (Lipinski definition) is 1. The fourth-order valence-electron chi connectivity index (χ4n) is 4.61. The Bertz CT molecular complexity index is 867. The molecular weight excluding hydrogens is 392 g/mol. The van der Waals surface area contributed by atoms with E-state index in [1.807, 2.05) is 6.08 Å². The van der Waals surface area contributed by atoms with Gasteiger partial charge in [0.2, 0.25) is 0 Å². The van der Waals surface area contributed by atoms with Gasteiger partial charge in [0.15, 0.2) is 0 Å². The Morgan fingerprint density at radius 1 is 1.39 bits per heavy atom. The molecule has 2 unspecified atom stereocenters. The molecular formula is C21H24N2O3S2. The summed E-state index contributed by atoms with van der Waals surface area (Å²) in [6, 6.07) is 7.08. The molecule has 3 aliphatic rings. The van der Waals surface area contributed by atoms with Crippen LogP contribution < -0.4 is 4.90 Å². The van der Waals surface area contributed by atoms with Gasteiger partial charge < -0.3 is 10.0 Å². The van der Waals surface area contributed by atoms with Gasteiger partial charge in [-0.05, 0) is 48.6 Å². The number of thiocarbonyl (C=S) groups is 1. The fraction of sp³-hybridized carbons (Fsp3) is 0.476. The van der Waals surface area contributed by atoms with Crippen LogP contribution in [0, 0.1) is 0 Å². The molecule has 1 saturated heterocycles. The number of nitrogens with zero attached hydrogens (tertiary/aromatic N) is 2. The van der Waals surface area contributed by atoms with E-state index in [0.717, 1.165) is 17.0 Å². The van der Waals surface area contributed by atoms with Gasteiger partial charge in [0.05, 0.1) is 4.91 Å². The number of unbranched alkanes of at least 4 members (excludes halogenated alkanes) is 1. The quantitative estimate of drug-likeness (QED) is 0.553. The highest BCUT2D eigenvalue weighted by molar-refractivity contribution is 8.26. The number of carboxylic acid groups (broad SMARTS) is 1. The van der Waals surface area contributed by atoms with Gasteiger partial charge in [0, 0.05) is 24.2 Å². The van der Waals surface area contributed by atoms with Crippen LogP contribution in [-0.4, -0.2) is 45.3 Å². The summed E-state index contributed by atoms with van der Waals surface area (Å²) in [6.45, 7) is 2.95. The lowest BCUT2D eigenvalue weighted by molar-refractivity contribution is -0.140. The standard InChI is InChI=1S/C21H24N2O3S2/c1-2-3-9-22-16-6-4-5-14(16)15-10-13(7-8-17(15)22)11-18-20(26)23(12-19(24)25)21(27)28-18/h7-8,10-11,14,16H,2-6,9,12H2,1H3,(H,24,25). The molecule has 2 fully saturated rings. The lowest BCUT2D eigenvalue weighted by Crippen LogP contribution is -2.33. The highest BCUT2D eigenvalue weighted by Gasteiger charge is 2.41. The van der Waals surface area contributed by atoms with Gasteiger partial charge in [-0.25, -0.2) is 0 Å². The third-order valence-electron chi connectivity index (χ3n) is 5.86. The third kappa shape index (κ3) is 3.46. The fourth-order valence-corrected chi connectivity index (χ4v) is 5.87. The van der Waals surface area contributed by atoms with Crippen molar-refractivity contribution in [2.24, 2.45) is 0 Å². The number of fused-ring (bicyclic) bond motifs is 3. The van der Waals surface area contributed by atoms with Crippen LogP contribution in [0.5, 0.6) is 0 Å². The molecule has 2 atom stereocenters. The van der Waals surface area contributed by atoms with Crippen molar-refractivity contribution in [2.45, 2.75) is 51.0 Å². The Morgan fingerprint density at radius 3 is 2.96 bits per heavy atom. The van der Waals surface area contributed by atoms with Gasteiger partial charge in [-0.2, -0.15) is 0 Å². The Kier molecular flexibility index (Phi) is 5.47. The molecule has 0 aromatic heterocycles. The summed E-state index contributed by atoms with van der Waals surface area (Å²) < 4.78 is 0.307. The Balaban J connectivity index is 1.61. The maximum atomic E-state index is 12.5. The molecule has 1 N–H and O–H groups in total. The van der Waals surface area contributed by atoms with Crippen LogP contribution in [-0.2, 0) is 9.59 Å². The molecule has 1 saturated carbocycles. The van der Waals surface area contributed by atoms with Crippen LogP contribution in [0.4, 0.5) is 5.69 Å². The van der Waals surface area contributed by atoms with Crippen molar-refractivity contribution in [3.05, 3.63) is 34.2 Å². The van der Waals surface area contributed by atoms with Crippen molar-refractivity contribution in [3.63, 3.8) is 0 Å². The second kappa shape index (κ2) is 7.87. The number of rotatable bonds is 6. The van der Waals surface area contributed by atoms with Crippen LogP contribution in [0.1, 0.15) is 56.1 Å². The first-order valence-corrected chi connectivity index (χ1v) is 11.1. The van der Waals surface area contributed by atoms with Crippen LogP contribution >= 0.6 is 24.0 Å². The van der Waals surface area contributed by atoms with E-state index in [1.165, 1.54) is 55.1 Å². The Labute approximate surface area is 174 Å². The summed E-state index contributed by atoms with van der Waals surface area (Å²) in [6.07, 6.45) is 8.00. The molecule has 5 nitrogen and oxygen atoms in total. The summed E-state index contributed by atoms with van der Waals surface area (Å²) in [4.78, 5) is 27.7. The first kappa shape index (κ1) is 19.5. The number of thioether (sulfide) groups is 1. The molecule has 1 aliphatic carbocycles. The predicted octanol–water partition coefficient (Wildman–Crippen LogP) is 4.23. The molecule has 148 valence electrons. The zero-order valence-electron chi connectivity index (χ0n) is 15.9. The van der Waals surface area contributed by atoms with Crippen LogP contribution in [0.2, 0.25) is 0 Å². The van der Waals surface area contributed by atoms with E-state index in [1.54, 1.807) is 0 Å². The summed E-state index contributed by atoms with van der Waals surface area (Å²) >= 11 is 6.36. The van der Waals surface area contributed by atoms with E-state index in [9.17, 15) is 9.59 Å². The van der Waals surface area contributed by atoms with Crippen molar-refractivity contribution in [1.82, 2.24) is 4.90 Å². The predicted molar refractivity (Wildman–Crippen MR) is 117 cm³/mol. The van der Waals surface area contributed by atoms with Gasteiger partial charge in [-0.15, -0.1) is 0 Å². The highest BCUT2D eigenvalue weighted by atomic mass is 32.2. The number of carbonyl (C=O) groups is 2. The molecule has 1 amide bonds. The number of hydrogen-bond acceptors (Lipinski definition) is 5. The van der Waals surface area contributed by atoms with E-state index < -0.39 is 5.97 Å². The molecule has 7 heteroatoms. The maximum Gasteiger partial charge on any atom is 0.323 e. The van der Waals surface area contributed by atoms with Crippen molar-refractivity contribution in [3.8, 4) is 0 Å². The number of carbonyl (C=O) groups excluding carboxylic acids is 1. The molecule has 1 aromatic carbocycles. The van der Waals surface area contributed by atoms with Crippen LogP contribution in [0.25, 0.3) is 6.08 Å². The topological polar surface area (TPSA) is 60.9 Å². The summed E-state index contributed by atoms with van der Waals surface area (Å²) in [5, 5.41) is 8.98. The van der Waals surface area contributed by atoms with Crippen LogP contribution in [0.3, 0.4) is 0 Å². The van der Waals surface area contributed by atoms with Gasteiger partial charge >= 0.3 is 5.97 Å². The molecule has 28 heavy (non-hydrogen) atoms. The van der Waals surface area contributed by atoms with Crippen LogP contribution in [0.15, 0.2) is 23.1 Å². The Morgan fingerprint density at radius 2 is 2.21 bits per heavy atom. The molecule has 0 radical (unpaired) electrons. The Hall–Kier alpha value is -1.86. The number of benzene rings is 1. The highest BCUT2D eigenvalue weighted by Crippen LogP contribution is 2.49. The largest absolute Gasteiger partial charge is 0.480 e. The summed E-state index contributed by atoms with van der Waals surface area (Å²) in [5.74, 6) is -0.794. The molecule has 2 heterocycles. The number of amides is 1. The third-order valence-corrected chi connectivity index (χ3v) is 7.24. The average molecular weight is 417 g/mol. The number of aliphatic carboxylic acids is 1. The van der Waals surface area contributed by atoms with Gasteiger partial charge in [0.25, 0.3) is 5.91 Å². The van der Waals surface area contributed by atoms with Crippen molar-refractivity contribution < 1.29 is 14.7 Å². The lowest BCUT2D eigenvalue weighted by atomic mass is 9.96. The zero-order chi connectivity index (χ0) is 19.8. The van der Waals surface area contributed by atoms with E-state index in [4.69, 9.17) is 17.3 Å². The van der Waals surface area contributed by atoms with E-state index in [2.05, 4.69) is 30.0 Å². The first-order chi connectivity index (χ1) is 13.5. The van der Waals surface area contributed by atoms with Crippen molar-refractivity contribution in [1.29, 1.82) is 0 Å². The minimum Gasteiger partial charge on any atom is -0.480 e.